The molecule has 0 saturated carbocycles. The molecular weight excluding hydrogens is 192 g/mol. The first kappa shape index (κ1) is 11.5. The number of rotatable bonds is 3. The van der Waals surface area contributed by atoms with E-state index in [1.165, 1.54) is 0 Å². The fourth-order valence-corrected chi connectivity index (χ4v) is 1.14. The lowest BCUT2D eigenvalue weighted by Crippen LogP contribution is -2.28. The maximum absolute atomic E-state index is 11.0. The van der Waals surface area contributed by atoms with Crippen molar-refractivity contribution in [2.45, 2.75) is 19.3 Å². The first-order valence-corrected chi connectivity index (χ1v) is 4.73. The van der Waals surface area contributed by atoms with E-state index in [2.05, 4.69) is 4.98 Å². The third-order valence-electron chi connectivity index (χ3n) is 2.46. The number of hydrogen-bond acceptors (Lipinski definition) is 3. The molecule has 0 fully saturated rings. The van der Waals surface area contributed by atoms with Crippen molar-refractivity contribution in [2.24, 2.45) is 0 Å². The van der Waals surface area contributed by atoms with Crippen LogP contribution in [0.4, 0.5) is 5.82 Å². The minimum atomic E-state index is -0.891. The van der Waals surface area contributed by atoms with Crippen LogP contribution in [0.2, 0.25) is 0 Å². The average molecular weight is 208 g/mol. The molecule has 0 spiro atoms. The van der Waals surface area contributed by atoms with Crippen LogP contribution in [-0.4, -0.2) is 30.2 Å². The number of carboxylic acids is 1. The van der Waals surface area contributed by atoms with Crippen LogP contribution in [0, 0.1) is 0 Å². The Morgan fingerprint density at radius 1 is 1.40 bits per heavy atom. The Kier molecular flexibility index (Phi) is 2.98. The number of pyridine rings is 1. The van der Waals surface area contributed by atoms with Crippen molar-refractivity contribution >= 4 is 11.8 Å². The second-order valence-corrected chi connectivity index (χ2v) is 4.23. The van der Waals surface area contributed by atoms with Gasteiger partial charge in [0, 0.05) is 20.3 Å². The van der Waals surface area contributed by atoms with E-state index in [4.69, 9.17) is 5.11 Å². The normalized spacial score (nSPS) is 11.2. The van der Waals surface area contributed by atoms with Crippen LogP contribution in [0.25, 0.3) is 0 Å². The fourth-order valence-electron chi connectivity index (χ4n) is 1.14. The van der Waals surface area contributed by atoms with Crippen LogP contribution in [0.5, 0.6) is 0 Å². The monoisotopic (exact) mass is 208 g/mol. The van der Waals surface area contributed by atoms with Crippen molar-refractivity contribution < 1.29 is 9.90 Å². The third kappa shape index (κ3) is 2.26. The van der Waals surface area contributed by atoms with Crippen molar-refractivity contribution in [3.05, 3.63) is 23.9 Å². The van der Waals surface area contributed by atoms with Crippen molar-refractivity contribution in [1.82, 2.24) is 4.98 Å². The zero-order chi connectivity index (χ0) is 11.6. The zero-order valence-corrected chi connectivity index (χ0v) is 9.48. The van der Waals surface area contributed by atoms with Gasteiger partial charge in [0.05, 0.1) is 5.41 Å². The van der Waals surface area contributed by atoms with Gasteiger partial charge in [-0.1, -0.05) is 6.07 Å². The molecule has 1 heterocycles. The van der Waals surface area contributed by atoms with Crippen molar-refractivity contribution in [2.75, 3.05) is 19.0 Å². The number of aromatic nitrogens is 1. The zero-order valence-electron chi connectivity index (χ0n) is 9.48. The quantitative estimate of drug-likeness (QED) is 0.818. The largest absolute Gasteiger partial charge is 0.481 e. The molecule has 0 unspecified atom stereocenters. The summed E-state index contributed by atoms with van der Waals surface area (Å²) in [6, 6.07) is 3.62. The highest BCUT2D eigenvalue weighted by Gasteiger charge is 2.29. The molecule has 1 rings (SSSR count). The minimum Gasteiger partial charge on any atom is -0.481 e. The highest BCUT2D eigenvalue weighted by Crippen LogP contribution is 2.23. The van der Waals surface area contributed by atoms with Gasteiger partial charge in [-0.3, -0.25) is 4.79 Å². The van der Waals surface area contributed by atoms with E-state index in [9.17, 15) is 4.79 Å². The molecule has 15 heavy (non-hydrogen) atoms. The number of anilines is 1. The number of carboxylic acid groups (broad SMARTS) is 1. The predicted octanol–water partition coefficient (Wildman–Crippen LogP) is 1.51. The summed E-state index contributed by atoms with van der Waals surface area (Å²) in [7, 11) is 3.79. The fraction of sp³-hybridized carbons (Fsp3) is 0.455. The minimum absolute atomic E-state index is 0.709. The lowest BCUT2D eigenvalue weighted by molar-refractivity contribution is -0.142. The van der Waals surface area contributed by atoms with Gasteiger partial charge in [-0.2, -0.15) is 0 Å². The Balaban J connectivity index is 3.04. The van der Waals surface area contributed by atoms with Gasteiger partial charge < -0.3 is 10.0 Å². The van der Waals surface area contributed by atoms with Gasteiger partial charge in [0.2, 0.25) is 0 Å². The van der Waals surface area contributed by atoms with Crippen molar-refractivity contribution in [3.63, 3.8) is 0 Å². The summed E-state index contributed by atoms with van der Waals surface area (Å²) in [6.45, 7) is 3.34. The van der Waals surface area contributed by atoms with E-state index in [-0.39, 0.29) is 0 Å². The summed E-state index contributed by atoms with van der Waals surface area (Å²) < 4.78 is 0. The molecule has 0 bridgehead atoms. The Labute approximate surface area is 89.6 Å². The van der Waals surface area contributed by atoms with E-state index in [1.54, 1.807) is 26.1 Å². The Morgan fingerprint density at radius 3 is 2.33 bits per heavy atom. The van der Waals surface area contributed by atoms with E-state index < -0.39 is 11.4 Å². The van der Waals surface area contributed by atoms with Crippen LogP contribution < -0.4 is 4.90 Å². The van der Waals surface area contributed by atoms with Gasteiger partial charge in [0.15, 0.2) is 0 Å². The Bertz CT molecular complexity index is 355. The van der Waals surface area contributed by atoms with Crippen LogP contribution in [-0.2, 0) is 10.2 Å². The molecule has 0 aliphatic carbocycles. The Hall–Kier alpha value is -1.58. The van der Waals surface area contributed by atoms with Gasteiger partial charge in [-0.15, -0.1) is 0 Å². The molecule has 4 heteroatoms. The summed E-state index contributed by atoms with van der Waals surface area (Å²) in [4.78, 5) is 17.1. The molecule has 0 aromatic carbocycles. The van der Waals surface area contributed by atoms with E-state index >= 15 is 0 Å². The number of nitrogens with zero attached hydrogens (tertiary/aromatic N) is 2. The smallest absolute Gasteiger partial charge is 0.313 e. The van der Waals surface area contributed by atoms with Crippen LogP contribution in [0.15, 0.2) is 18.3 Å². The molecule has 0 saturated heterocycles. The van der Waals surface area contributed by atoms with E-state index in [1.807, 2.05) is 25.1 Å². The highest BCUT2D eigenvalue weighted by molar-refractivity contribution is 5.80. The second-order valence-electron chi connectivity index (χ2n) is 4.23. The topological polar surface area (TPSA) is 53.4 Å². The first-order chi connectivity index (χ1) is 6.85. The van der Waals surface area contributed by atoms with Gasteiger partial charge in [0.1, 0.15) is 5.82 Å². The van der Waals surface area contributed by atoms with Gasteiger partial charge in [0.25, 0.3) is 0 Å². The van der Waals surface area contributed by atoms with Crippen LogP contribution in [0.1, 0.15) is 19.4 Å². The number of aliphatic carboxylic acids is 1. The maximum Gasteiger partial charge on any atom is 0.313 e. The second kappa shape index (κ2) is 3.88. The molecule has 0 aliphatic rings. The predicted molar refractivity (Wildman–Crippen MR) is 59.2 cm³/mol. The molecule has 82 valence electrons. The first-order valence-electron chi connectivity index (χ1n) is 4.73. The average Bonchev–Trinajstić information content (AvgIpc) is 2.17. The molecule has 0 amide bonds. The lowest BCUT2D eigenvalue weighted by Gasteiger charge is -2.20. The molecule has 0 aliphatic heterocycles. The van der Waals surface area contributed by atoms with Crippen LogP contribution in [0.3, 0.4) is 0 Å². The molecule has 1 aromatic heterocycles. The summed E-state index contributed by atoms with van der Waals surface area (Å²) in [5.41, 5.74) is -0.182. The van der Waals surface area contributed by atoms with Crippen molar-refractivity contribution in [1.29, 1.82) is 0 Å². The van der Waals surface area contributed by atoms with E-state index in [0.29, 0.717) is 5.56 Å². The molecule has 1 aromatic rings. The molecule has 4 nitrogen and oxygen atoms in total. The third-order valence-corrected chi connectivity index (χ3v) is 2.46. The Morgan fingerprint density at radius 2 is 2.00 bits per heavy atom. The van der Waals surface area contributed by atoms with Gasteiger partial charge >= 0.3 is 5.97 Å². The molecule has 1 N–H and O–H groups in total. The van der Waals surface area contributed by atoms with Gasteiger partial charge in [-0.05, 0) is 25.5 Å². The maximum atomic E-state index is 11.0. The summed E-state index contributed by atoms with van der Waals surface area (Å²) in [5, 5.41) is 9.03. The lowest BCUT2D eigenvalue weighted by atomic mass is 9.86. The van der Waals surface area contributed by atoms with Crippen LogP contribution >= 0.6 is 0 Å². The molecule has 0 radical (unpaired) electrons. The van der Waals surface area contributed by atoms with Crippen molar-refractivity contribution in [3.8, 4) is 0 Å². The highest BCUT2D eigenvalue weighted by atomic mass is 16.4. The molecular formula is C11H16N2O2. The standard InChI is InChI=1S/C11H16N2O2/c1-11(2,10(14)15)8-5-6-9(12-7-8)13(3)4/h5-7H,1-4H3,(H,14,15). The molecule has 0 atom stereocenters. The SMILES string of the molecule is CN(C)c1ccc(C(C)(C)C(=O)O)cn1. The summed E-state index contributed by atoms with van der Waals surface area (Å²) >= 11 is 0. The number of carbonyl (C=O) groups is 1. The number of hydrogen-bond donors (Lipinski definition) is 1. The summed E-state index contributed by atoms with van der Waals surface area (Å²) in [5.74, 6) is -0.0261. The van der Waals surface area contributed by atoms with Gasteiger partial charge in [-0.25, -0.2) is 4.98 Å². The summed E-state index contributed by atoms with van der Waals surface area (Å²) in [6.07, 6.45) is 1.61. The van der Waals surface area contributed by atoms with E-state index in [0.717, 1.165) is 5.82 Å².